The lowest BCUT2D eigenvalue weighted by Gasteiger charge is -2.10. The average molecular weight is 287 g/mol. The van der Waals surface area contributed by atoms with Gasteiger partial charge in [0.25, 0.3) is 11.6 Å². The Morgan fingerprint density at radius 3 is 2.84 bits per heavy atom. The van der Waals surface area contributed by atoms with E-state index in [9.17, 15) is 14.9 Å². The van der Waals surface area contributed by atoms with Gasteiger partial charge >= 0.3 is 0 Å². The summed E-state index contributed by atoms with van der Waals surface area (Å²) in [5.41, 5.74) is 0.293. The third-order valence-electron chi connectivity index (χ3n) is 2.50. The molecule has 1 aromatic rings. The van der Waals surface area contributed by atoms with Crippen LogP contribution in [0.1, 0.15) is 15.9 Å². The molecule has 104 valence electrons. The quantitative estimate of drug-likeness (QED) is 0.492. The number of amides is 1. The van der Waals surface area contributed by atoms with Crippen molar-refractivity contribution in [2.75, 3.05) is 20.3 Å². The molecule has 1 aromatic carbocycles. The summed E-state index contributed by atoms with van der Waals surface area (Å²) >= 11 is 5.87. The highest BCUT2D eigenvalue weighted by atomic mass is 35.5. The van der Waals surface area contributed by atoms with Gasteiger partial charge in [0.2, 0.25) is 0 Å². The zero-order valence-electron chi connectivity index (χ0n) is 10.7. The van der Waals surface area contributed by atoms with Gasteiger partial charge in [0.05, 0.1) is 16.9 Å². The monoisotopic (exact) mass is 286 g/mol. The van der Waals surface area contributed by atoms with E-state index in [-0.39, 0.29) is 29.8 Å². The van der Waals surface area contributed by atoms with Crippen LogP contribution in [0.4, 0.5) is 5.69 Å². The summed E-state index contributed by atoms with van der Waals surface area (Å²) in [6.45, 7) is 2.06. The first-order chi connectivity index (χ1) is 8.97. The maximum Gasteiger partial charge on any atom is 0.285 e. The molecule has 0 aliphatic carbocycles. The number of hydrogen-bond acceptors (Lipinski definition) is 4. The minimum absolute atomic E-state index is 0.0336. The molecule has 0 heterocycles. The number of nitro benzene ring substituents is 1. The number of nitrogens with zero attached hydrogens (tertiary/aromatic N) is 1. The first-order valence-electron chi connectivity index (χ1n) is 5.62. The Labute approximate surface area is 115 Å². The number of halogens is 1. The highest BCUT2D eigenvalue weighted by Gasteiger charge is 2.22. The molecule has 1 amide bonds. The fourth-order valence-electron chi connectivity index (χ4n) is 1.62. The first-order valence-corrected chi connectivity index (χ1v) is 6.06. The molecule has 0 aromatic heterocycles. The molecule has 0 spiro atoms. The molecule has 0 saturated heterocycles. The molecule has 1 unspecified atom stereocenters. The van der Waals surface area contributed by atoms with Crippen LogP contribution in [0.3, 0.4) is 0 Å². The second-order valence-electron chi connectivity index (χ2n) is 3.99. The molecule has 0 aliphatic heterocycles. The van der Waals surface area contributed by atoms with Crippen molar-refractivity contribution in [2.24, 2.45) is 0 Å². The summed E-state index contributed by atoms with van der Waals surface area (Å²) < 4.78 is 4.83. The minimum Gasteiger partial charge on any atom is -0.383 e. The van der Waals surface area contributed by atoms with Crippen LogP contribution in [0.15, 0.2) is 18.2 Å². The van der Waals surface area contributed by atoms with Gasteiger partial charge in [-0.15, -0.1) is 11.6 Å². The number of alkyl halides is 1. The third-order valence-corrected chi connectivity index (χ3v) is 2.78. The number of nitrogens with one attached hydrogen (secondary N) is 1. The van der Waals surface area contributed by atoms with E-state index >= 15 is 0 Å². The number of carbonyl (C=O) groups excluding carboxylic acids is 1. The van der Waals surface area contributed by atoms with Gasteiger partial charge in [-0.1, -0.05) is 12.1 Å². The Morgan fingerprint density at radius 2 is 2.26 bits per heavy atom. The Morgan fingerprint density at radius 1 is 1.58 bits per heavy atom. The molecule has 6 nitrogen and oxygen atoms in total. The molecule has 0 fully saturated rings. The number of nitro groups is 1. The number of aryl methyl sites for hydroxylation is 1. The minimum atomic E-state index is -0.558. The lowest BCUT2D eigenvalue weighted by molar-refractivity contribution is -0.385. The summed E-state index contributed by atoms with van der Waals surface area (Å²) in [6, 6.07) is 4.61. The van der Waals surface area contributed by atoms with Crippen molar-refractivity contribution in [3.63, 3.8) is 0 Å². The maximum absolute atomic E-state index is 11.9. The predicted octanol–water partition coefficient (Wildman–Crippen LogP) is 1.89. The van der Waals surface area contributed by atoms with Gasteiger partial charge in [0.15, 0.2) is 0 Å². The van der Waals surface area contributed by atoms with Crippen LogP contribution in [-0.2, 0) is 4.74 Å². The lowest BCUT2D eigenvalue weighted by Crippen LogP contribution is -2.32. The number of ether oxygens (including phenoxy) is 1. The van der Waals surface area contributed by atoms with Crippen LogP contribution in [0.2, 0.25) is 0 Å². The Balaban J connectivity index is 2.83. The Bertz CT molecular complexity index is 479. The maximum atomic E-state index is 11.9. The largest absolute Gasteiger partial charge is 0.383 e. The lowest BCUT2D eigenvalue weighted by atomic mass is 10.1. The number of hydrogen-bond donors (Lipinski definition) is 1. The molecule has 0 saturated carbocycles. The van der Waals surface area contributed by atoms with E-state index in [2.05, 4.69) is 5.32 Å². The van der Waals surface area contributed by atoms with Crippen LogP contribution in [-0.4, -0.2) is 36.5 Å². The van der Waals surface area contributed by atoms with E-state index in [1.807, 2.05) is 0 Å². The summed E-state index contributed by atoms with van der Waals surface area (Å²) in [4.78, 5) is 22.3. The van der Waals surface area contributed by atoms with Crippen molar-refractivity contribution in [2.45, 2.75) is 12.3 Å². The van der Waals surface area contributed by atoms with Crippen LogP contribution >= 0.6 is 11.6 Å². The van der Waals surface area contributed by atoms with Crippen molar-refractivity contribution >= 4 is 23.2 Å². The second-order valence-corrected chi connectivity index (χ2v) is 4.61. The fourth-order valence-corrected chi connectivity index (χ4v) is 1.83. The molecule has 0 aliphatic rings. The fraction of sp³-hybridized carbons (Fsp3) is 0.417. The summed E-state index contributed by atoms with van der Waals surface area (Å²) in [5.74, 6) is -0.517. The zero-order valence-corrected chi connectivity index (χ0v) is 11.4. The highest BCUT2D eigenvalue weighted by Crippen LogP contribution is 2.22. The van der Waals surface area contributed by atoms with Gasteiger partial charge in [-0.3, -0.25) is 14.9 Å². The van der Waals surface area contributed by atoms with E-state index < -0.39 is 10.8 Å². The Kier molecular flexibility index (Phi) is 5.72. The number of rotatable bonds is 6. The highest BCUT2D eigenvalue weighted by molar-refractivity contribution is 6.21. The second kappa shape index (κ2) is 7.06. The molecule has 7 heteroatoms. The molecular formula is C12H15ClN2O4. The standard InChI is InChI=1S/C12H15ClN2O4/c1-8-4-3-5-10(11(8)15(17)18)12(16)14-6-9(13)7-19-2/h3-5,9H,6-7H2,1-2H3,(H,14,16). The smallest absolute Gasteiger partial charge is 0.285 e. The van der Waals surface area contributed by atoms with E-state index in [0.717, 1.165) is 0 Å². The van der Waals surface area contributed by atoms with Crippen molar-refractivity contribution in [1.82, 2.24) is 5.32 Å². The van der Waals surface area contributed by atoms with Gasteiger partial charge in [0, 0.05) is 19.2 Å². The summed E-state index contributed by atoms with van der Waals surface area (Å²) in [7, 11) is 1.50. The average Bonchev–Trinajstić information content (AvgIpc) is 2.35. The molecule has 1 rings (SSSR count). The van der Waals surface area contributed by atoms with Crippen LogP contribution in [0, 0.1) is 17.0 Å². The van der Waals surface area contributed by atoms with Crippen LogP contribution < -0.4 is 5.32 Å². The topological polar surface area (TPSA) is 81.5 Å². The number of methoxy groups -OCH3 is 1. The van der Waals surface area contributed by atoms with Crippen molar-refractivity contribution in [1.29, 1.82) is 0 Å². The van der Waals surface area contributed by atoms with Crippen LogP contribution in [0.5, 0.6) is 0 Å². The number of para-hydroxylation sites is 1. The Hall–Kier alpha value is -1.66. The normalized spacial score (nSPS) is 11.9. The zero-order chi connectivity index (χ0) is 14.4. The molecule has 0 bridgehead atoms. The third kappa shape index (κ3) is 4.18. The number of benzene rings is 1. The van der Waals surface area contributed by atoms with E-state index in [1.54, 1.807) is 19.1 Å². The summed E-state index contributed by atoms with van der Waals surface area (Å²) in [5, 5.41) is 13.1. The van der Waals surface area contributed by atoms with E-state index in [1.165, 1.54) is 13.2 Å². The van der Waals surface area contributed by atoms with Crippen LogP contribution in [0.25, 0.3) is 0 Å². The molecule has 0 radical (unpaired) electrons. The van der Waals surface area contributed by atoms with Crippen molar-refractivity contribution in [3.8, 4) is 0 Å². The van der Waals surface area contributed by atoms with Gasteiger partial charge in [-0.05, 0) is 13.0 Å². The molecule has 1 atom stereocenters. The van der Waals surface area contributed by atoms with Gasteiger partial charge in [0.1, 0.15) is 5.56 Å². The van der Waals surface area contributed by atoms with Gasteiger partial charge in [-0.25, -0.2) is 0 Å². The van der Waals surface area contributed by atoms with E-state index in [4.69, 9.17) is 16.3 Å². The van der Waals surface area contributed by atoms with Gasteiger partial charge < -0.3 is 10.1 Å². The predicted molar refractivity (Wildman–Crippen MR) is 71.7 cm³/mol. The van der Waals surface area contributed by atoms with Gasteiger partial charge in [-0.2, -0.15) is 0 Å². The van der Waals surface area contributed by atoms with E-state index in [0.29, 0.717) is 5.56 Å². The SMILES string of the molecule is COCC(Cl)CNC(=O)c1cccc(C)c1[N+](=O)[O-]. The first kappa shape index (κ1) is 15.4. The van der Waals surface area contributed by atoms with Crippen molar-refractivity contribution < 1.29 is 14.5 Å². The molecule has 1 N–H and O–H groups in total. The van der Waals surface area contributed by atoms with Crippen molar-refractivity contribution in [3.05, 3.63) is 39.4 Å². The molecule has 19 heavy (non-hydrogen) atoms. The molecular weight excluding hydrogens is 272 g/mol. The number of carbonyl (C=O) groups is 1. The summed E-state index contributed by atoms with van der Waals surface area (Å²) in [6.07, 6.45) is 0.